The molecule has 0 saturated carbocycles. The number of piperidine rings is 1. The monoisotopic (exact) mass is 386 g/mol. The molecule has 2 heterocycles. The first-order valence-corrected chi connectivity index (χ1v) is 9.37. The van der Waals surface area contributed by atoms with Gasteiger partial charge in [-0.15, -0.1) is 0 Å². The van der Waals surface area contributed by atoms with E-state index in [1.807, 2.05) is 23.1 Å². The minimum Gasteiger partial charge on any atom is -0.493 e. The van der Waals surface area contributed by atoms with Crippen LogP contribution in [0.4, 0.5) is 4.79 Å². The molecule has 2 aromatic rings. The van der Waals surface area contributed by atoms with E-state index in [2.05, 4.69) is 15.3 Å². The van der Waals surface area contributed by atoms with E-state index in [0.717, 1.165) is 18.4 Å². The van der Waals surface area contributed by atoms with Gasteiger partial charge in [0.15, 0.2) is 11.5 Å². The zero-order valence-electron chi connectivity index (χ0n) is 16.3. The number of rotatable bonds is 7. The third-order valence-corrected chi connectivity index (χ3v) is 4.70. The van der Waals surface area contributed by atoms with Crippen molar-refractivity contribution >= 4 is 6.03 Å². The lowest BCUT2D eigenvalue weighted by molar-refractivity contribution is 0.103. The molecule has 1 fully saturated rings. The van der Waals surface area contributed by atoms with Crippen molar-refractivity contribution in [3.8, 4) is 17.5 Å². The summed E-state index contributed by atoms with van der Waals surface area (Å²) >= 11 is 0. The molecule has 0 radical (unpaired) electrons. The van der Waals surface area contributed by atoms with Crippen LogP contribution in [0.3, 0.4) is 0 Å². The third kappa shape index (κ3) is 5.03. The third-order valence-electron chi connectivity index (χ3n) is 4.70. The molecular formula is C20H26N4O4. The van der Waals surface area contributed by atoms with Gasteiger partial charge < -0.3 is 24.4 Å². The molecule has 0 atom stereocenters. The number of benzene rings is 1. The van der Waals surface area contributed by atoms with Crippen LogP contribution < -0.4 is 19.5 Å². The fourth-order valence-corrected chi connectivity index (χ4v) is 3.24. The molecule has 8 heteroatoms. The van der Waals surface area contributed by atoms with E-state index >= 15 is 0 Å². The van der Waals surface area contributed by atoms with Crippen LogP contribution in [0.1, 0.15) is 18.4 Å². The Labute approximate surface area is 164 Å². The van der Waals surface area contributed by atoms with Crippen LogP contribution in [-0.2, 0) is 6.42 Å². The minimum atomic E-state index is -0.0590. The van der Waals surface area contributed by atoms with Gasteiger partial charge in [-0.25, -0.2) is 14.8 Å². The normalized spacial score (nSPS) is 14.4. The second kappa shape index (κ2) is 9.77. The maximum Gasteiger partial charge on any atom is 0.317 e. The molecule has 0 spiro atoms. The fraction of sp³-hybridized carbons (Fsp3) is 0.450. The molecule has 1 N–H and O–H groups in total. The van der Waals surface area contributed by atoms with Gasteiger partial charge in [0, 0.05) is 44.9 Å². The molecule has 1 aromatic heterocycles. The number of aromatic nitrogens is 2. The topological polar surface area (TPSA) is 85.8 Å². The Bertz CT molecular complexity index is 764. The predicted octanol–water partition coefficient (Wildman–Crippen LogP) is 2.29. The van der Waals surface area contributed by atoms with Crippen LogP contribution in [0.5, 0.6) is 17.5 Å². The molecule has 3 rings (SSSR count). The molecular weight excluding hydrogens is 360 g/mol. The Kier molecular flexibility index (Phi) is 6.89. The molecule has 1 saturated heterocycles. The highest BCUT2D eigenvalue weighted by molar-refractivity contribution is 5.74. The van der Waals surface area contributed by atoms with Crippen molar-refractivity contribution in [3.05, 3.63) is 42.2 Å². The first kappa shape index (κ1) is 19.7. The van der Waals surface area contributed by atoms with Crippen molar-refractivity contribution in [2.24, 2.45) is 0 Å². The van der Waals surface area contributed by atoms with Gasteiger partial charge in [-0.2, -0.15) is 0 Å². The standard InChI is InChI=1S/C20H26N4O4/c1-26-17-6-3-5-15(18(17)27-2)7-12-23-20(25)24-13-8-16(9-14-24)28-19-21-10-4-11-22-19/h3-6,10-11,16H,7-9,12-14H2,1-2H3,(H,23,25). The summed E-state index contributed by atoms with van der Waals surface area (Å²) in [5, 5.41) is 2.98. The summed E-state index contributed by atoms with van der Waals surface area (Å²) in [6, 6.07) is 7.82. The quantitative estimate of drug-likeness (QED) is 0.786. The second-order valence-corrected chi connectivity index (χ2v) is 6.47. The number of carbonyl (C=O) groups is 1. The summed E-state index contributed by atoms with van der Waals surface area (Å²) < 4.78 is 16.5. The summed E-state index contributed by atoms with van der Waals surface area (Å²) in [7, 11) is 3.23. The van der Waals surface area contributed by atoms with Crippen LogP contribution in [-0.4, -0.2) is 60.9 Å². The largest absolute Gasteiger partial charge is 0.493 e. The van der Waals surface area contributed by atoms with Crippen molar-refractivity contribution in [1.82, 2.24) is 20.2 Å². The SMILES string of the molecule is COc1cccc(CCNC(=O)N2CCC(Oc3ncccn3)CC2)c1OC. The highest BCUT2D eigenvalue weighted by Crippen LogP contribution is 2.30. The molecule has 8 nitrogen and oxygen atoms in total. The van der Waals surface area contributed by atoms with Crippen LogP contribution >= 0.6 is 0 Å². The maximum absolute atomic E-state index is 12.4. The molecule has 1 aliphatic rings. The van der Waals surface area contributed by atoms with Crippen LogP contribution in [0.15, 0.2) is 36.7 Å². The smallest absolute Gasteiger partial charge is 0.317 e. The Morgan fingerprint density at radius 3 is 2.57 bits per heavy atom. The van der Waals surface area contributed by atoms with Crippen molar-refractivity contribution in [2.45, 2.75) is 25.4 Å². The van der Waals surface area contributed by atoms with E-state index in [9.17, 15) is 4.79 Å². The van der Waals surface area contributed by atoms with E-state index in [0.29, 0.717) is 43.6 Å². The number of hydrogen-bond acceptors (Lipinski definition) is 6. The van der Waals surface area contributed by atoms with Crippen LogP contribution in [0.2, 0.25) is 0 Å². The number of urea groups is 1. The van der Waals surface area contributed by atoms with Crippen molar-refractivity contribution in [2.75, 3.05) is 33.9 Å². The fourth-order valence-electron chi connectivity index (χ4n) is 3.24. The van der Waals surface area contributed by atoms with Crippen molar-refractivity contribution in [1.29, 1.82) is 0 Å². The molecule has 0 unspecified atom stereocenters. The van der Waals surface area contributed by atoms with Gasteiger partial charge in [0.2, 0.25) is 0 Å². The van der Waals surface area contributed by atoms with Crippen molar-refractivity contribution < 1.29 is 19.0 Å². The van der Waals surface area contributed by atoms with Crippen LogP contribution in [0.25, 0.3) is 0 Å². The van der Waals surface area contributed by atoms with E-state index in [1.165, 1.54) is 0 Å². The Hall–Kier alpha value is -3.03. The molecule has 150 valence electrons. The number of carbonyl (C=O) groups excluding carboxylic acids is 1. The number of amides is 2. The minimum absolute atomic E-state index is 0.0347. The first-order chi connectivity index (χ1) is 13.7. The van der Waals surface area contributed by atoms with Crippen LogP contribution in [0, 0.1) is 0 Å². The van der Waals surface area contributed by atoms with Gasteiger partial charge >= 0.3 is 12.0 Å². The van der Waals surface area contributed by atoms with Gasteiger partial charge in [0.25, 0.3) is 0 Å². The van der Waals surface area contributed by atoms with Gasteiger partial charge in [0.05, 0.1) is 14.2 Å². The lowest BCUT2D eigenvalue weighted by Gasteiger charge is -2.31. The number of para-hydroxylation sites is 1. The van der Waals surface area contributed by atoms with Gasteiger partial charge in [-0.1, -0.05) is 12.1 Å². The molecule has 0 aliphatic carbocycles. The number of nitrogens with zero attached hydrogens (tertiary/aromatic N) is 3. The molecule has 28 heavy (non-hydrogen) atoms. The average Bonchev–Trinajstić information content (AvgIpc) is 2.74. The highest BCUT2D eigenvalue weighted by atomic mass is 16.5. The van der Waals surface area contributed by atoms with Gasteiger partial charge in [-0.3, -0.25) is 0 Å². The first-order valence-electron chi connectivity index (χ1n) is 9.37. The lowest BCUT2D eigenvalue weighted by Crippen LogP contribution is -2.47. The number of nitrogens with one attached hydrogen (secondary N) is 1. The van der Waals surface area contributed by atoms with Gasteiger partial charge in [0.1, 0.15) is 6.10 Å². The van der Waals surface area contributed by atoms with Gasteiger partial charge in [-0.05, 0) is 24.1 Å². The van der Waals surface area contributed by atoms with E-state index in [4.69, 9.17) is 14.2 Å². The van der Waals surface area contributed by atoms with Crippen molar-refractivity contribution in [3.63, 3.8) is 0 Å². The zero-order valence-corrected chi connectivity index (χ0v) is 16.3. The summed E-state index contributed by atoms with van der Waals surface area (Å²) in [6.45, 7) is 1.81. The Morgan fingerprint density at radius 1 is 1.14 bits per heavy atom. The maximum atomic E-state index is 12.4. The van der Waals surface area contributed by atoms with E-state index in [1.54, 1.807) is 32.7 Å². The second-order valence-electron chi connectivity index (χ2n) is 6.47. The zero-order chi connectivity index (χ0) is 19.8. The predicted molar refractivity (Wildman–Crippen MR) is 104 cm³/mol. The molecule has 2 amide bonds. The number of ether oxygens (including phenoxy) is 3. The molecule has 0 bridgehead atoms. The summed E-state index contributed by atoms with van der Waals surface area (Å²) in [4.78, 5) is 22.4. The summed E-state index contributed by atoms with van der Waals surface area (Å²) in [6.07, 6.45) is 5.53. The highest BCUT2D eigenvalue weighted by Gasteiger charge is 2.24. The van der Waals surface area contributed by atoms with E-state index in [-0.39, 0.29) is 12.1 Å². The number of likely N-dealkylation sites (tertiary alicyclic amines) is 1. The lowest BCUT2D eigenvalue weighted by atomic mass is 10.1. The number of hydrogen-bond donors (Lipinski definition) is 1. The summed E-state index contributed by atoms with van der Waals surface area (Å²) in [5.41, 5.74) is 0.997. The molecule has 1 aromatic carbocycles. The average molecular weight is 386 g/mol. The Morgan fingerprint density at radius 2 is 1.89 bits per heavy atom. The van der Waals surface area contributed by atoms with E-state index < -0.39 is 0 Å². The molecule has 1 aliphatic heterocycles. The summed E-state index contributed by atoms with van der Waals surface area (Å²) in [5.74, 6) is 1.40. The Balaban J connectivity index is 1.43. The number of methoxy groups -OCH3 is 2.